The summed E-state index contributed by atoms with van der Waals surface area (Å²) in [7, 11) is 0. The molecule has 0 atom stereocenters. The fourth-order valence-corrected chi connectivity index (χ4v) is 3.63. The topological polar surface area (TPSA) is 25.8 Å². The van der Waals surface area contributed by atoms with E-state index < -0.39 is 0 Å². The molecule has 1 heterocycles. The van der Waals surface area contributed by atoms with Crippen LogP contribution in [0.4, 0.5) is 0 Å². The first-order valence-corrected chi connectivity index (χ1v) is 9.11. The number of aryl methyl sites for hydroxylation is 1. The second-order valence-corrected chi connectivity index (χ2v) is 6.81. The zero-order valence-corrected chi connectivity index (χ0v) is 15.1. The van der Waals surface area contributed by atoms with Gasteiger partial charge in [0.15, 0.2) is 5.82 Å². The lowest BCUT2D eigenvalue weighted by atomic mass is 9.99. The first-order valence-electron chi connectivity index (χ1n) is 9.11. The van der Waals surface area contributed by atoms with Gasteiger partial charge in [0.25, 0.3) is 0 Å². The Bertz CT molecular complexity index is 1280. The molecule has 0 unspecified atom stereocenters. The van der Waals surface area contributed by atoms with Crippen LogP contribution in [0.25, 0.3) is 44.3 Å². The van der Waals surface area contributed by atoms with E-state index in [2.05, 4.69) is 85.8 Å². The van der Waals surface area contributed by atoms with Crippen molar-refractivity contribution in [3.63, 3.8) is 0 Å². The van der Waals surface area contributed by atoms with Crippen molar-refractivity contribution >= 4 is 21.7 Å². The Morgan fingerprint density at radius 2 is 1.37 bits per heavy atom. The van der Waals surface area contributed by atoms with Gasteiger partial charge >= 0.3 is 0 Å². The number of hydrogen-bond acceptors (Lipinski definition) is 2. The maximum absolute atomic E-state index is 5.02. The lowest BCUT2D eigenvalue weighted by Crippen LogP contribution is -1.96. The molecule has 0 saturated carbocycles. The minimum Gasteiger partial charge on any atom is -0.228 e. The molecular formula is C25H18N2. The lowest BCUT2D eigenvalue weighted by Gasteiger charge is -2.12. The summed E-state index contributed by atoms with van der Waals surface area (Å²) < 4.78 is 0. The predicted molar refractivity (Wildman–Crippen MR) is 113 cm³/mol. The zero-order chi connectivity index (χ0) is 18.2. The van der Waals surface area contributed by atoms with Crippen molar-refractivity contribution in [2.75, 3.05) is 0 Å². The minimum atomic E-state index is 0.764. The highest BCUT2D eigenvalue weighted by molar-refractivity contribution is 6.03. The molecular weight excluding hydrogens is 328 g/mol. The number of aromatic nitrogens is 2. The highest BCUT2D eigenvalue weighted by atomic mass is 14.9. The highest BCUT2D eigenvalue weighted by Gasteiger charge is 2.13. The summed E-state index contributed by atoms with van der Waals surface area (Å²) in [6.45, 7) is 2.09. The number of benzene rings is 4. The molecule has 0 spiro atoms. The summed E-state index contributed by atoms with van der Waals surface area (Å²) in [5, 5.41) is 3.50. The van der Waals surface area contributed by atoms with E-state index >= 15 is 0 Å². The molecule has 1 aromatic heterocycles. The molecule has 0 radical (unpaired) electrons. The molecule has 0 saturated heterocycles. The van der Waals surface area contributed by atoms with Crippen molar-refractivity contribution < 1.29 is 0 Å². The van der Waals surface area contributed by atoms with Gasteiger partial charge in [0.05, 0.1) is 11.2 Å². The van der Waals surface area contributed by atoms with Crippen LogP contribution in [0.2, 0.25) is 0 Å². The zero-order valence-electron chi connectivity index (χ0n) is 15.1. The van der Waals surface area contributed by atoms with E-state index in [0.29, 0.717) is 0 Å². The first kappa shape index (κ1) is 15.7. The molecule has 0 N–H and O–H groups in total. The van der Waals surface area contributed by atoms with Crippen LogP contribution in [0.1, 0.15) is 5.56 Å². The number of para-hydroxylation sites is 1. The van der Waals surface area contributed by atoms with Gasteiger partial charge < -0.3 is 0 Å². The van der Waals surface area contributed by atoms with Crippen molar-refractivity contribution in [1.82, 2.24) is 9.97 Å². The van der Waals surface area contributed by atoms with Gasteiger partial charge in [-0.15, -0.1) is 0 Å². The van der Waals surface area contributed by atoms with Crippen LogP contribution < -0.4 is 0 Å². The third kappa shape index (κ3) is 2.76. The molecule has 4 aromatic carbocycles. The fourth-order valence-electron chi connectivity index (χ4n) is 3.63. The standard InChI is InChI=1S/C25H18N2/c1-17-8-6-11-19(16-17)25-26-23-15-5-4-13-22(23)24(27-25)21-14-7-10-18-9-2-3-12-20(18)21/h2-16H,1H3. The maximum Gasteiger partial charge on any atom is 0.160 e. The number of nitrogens with zero attached hydrogens (tertiary/aromatic N) is 2. The van der Waals surface area contributed by atoms with E-state index in [1.54, 1.807) is 0 Å². The molecule has 27 heavy (non-hydrogen) atoms. The molecule has 0 amide bonds. The molecule has 0 aliphatic carbocycles. The Morgan fingerprint density at radius 1 is 0.630 bits per heavy atom. The summed E-state index contributed by atoms with van der Waals surface area (Å²) in [5.74, 6) is 0.764. The number of rotatable bonds is 2. The van der Waals surface area contributed by atoms with Gasteiger partial charge in [0, 0.05) is 16.5 Å². The van der Waals surface area contributed by atoms with Crippen LogP contribution in [0, 0.1) is 6.92 Å². The molecule has 0 aliphatic heterocycles. The molecule has 128 valence electrons. The summed E-state index contributed by atoms with van der Waals surface area (Å²) >= 11 is 0. The maximum atomic E-state index is 5.02. The molecule has 2 heteroatoms. The quantitative estimate of drug-likeness (QED) is 0.368. The van der Waals surface area contributed by atoms with Gasteiger partial charge in [0.2, 0.25) is 0 Å². The van der Waals surface area contributed by atoms with Gasteiger partial charge in [-0.05, 0) is 29.8 Å². The van der Waals surface area contributed by atoms with Crippen molar-refractivity contribution in [3.8, 4) is 22.6 Å². The third-order valence-corrected chi connectivity index (χ3v) is 4.92. The van der Waals surface area contributed by atoms with E-state index in [1.807, 2.05) is 12.1 Å². The van der Waals surface area contributed by atoms with E-state index in [1.165, 1.54) is 16.3 Å². The second-order valence-electron chi connectivity index (χ2n) is 6.81. The van der Waals surface area contributed by atoms with Crippen LogP contribution in [0.3, 0.4) is 0 Å². The van der Waals surface area contributed by atoms with Crippen LogP contribution in [0.15, 0.2) is 91.0 Å². The predicted octanol–water partition coefficient (Wildman–Crippen LogP) is 6.43. The SMILES string of the molecule is Cc1cccc(-c2nc(-c3cccc4ccccc34)c3ccccc3n2)c1. The van der Waals surface area contributed by atoms with Gasteiger partial charge in [-0.25, -0.2) is 9.97 Å². The Labute approximate surface area is 158 Å². The second kappa shape index (κ2) is 6.33. The minimum absolute atomic E-state index is 0.764. The average molecular weight is 346 g/mol. The first-order chi connectivity index (χ1) is 13.3. The smallest absolute Gasteiger partial charge is 0.160 e. The fraction of sp³-hybridized carbons (Fsp3) is 0.0400. The molecule has 0 fully saturated rings. The van der Waals surface area contributed by atoms with Gasteiger partial charge in [-0.2, -0.15) is 0 Å². The third-order valence-electron chi connectivity index (χ3n) is 4.92. The van der Waals surface area contributed by atoms with Gasteiger partial charge in [-0.1, -0.05) is 84.4 Å². The molecule has 2 nitrogen and oxygen atoms in total. The van der Waals surface area contributed by atoms with Crippen LogP contribution in [-0.2, 0) is 0 Å². The summed E-state index contributed by atoms with van der Waals surface area (Å²) in [4.78, 5) is 9.86. The Hall–Kier alpha value is -3.52. The lowest BCUT2D eigenvalue weighted by molar-refractivity contribution is 1.23. The molecule has 0 aliphatic rings. The summed E-state index contributed by atoms with van der Waals surface area (Å²) in [6.07, 6.45) is 0. The number of hydrogen-bond donors (Lipinski definition) is 0. The Morgan fingerprint density at radius 3 is 2.26 bits per heavy atom. The highest BCUT2D eigenvalue weighted by Crippen LogP contribution is 2.33. The van der Waals surface area contributed by atoms with E-state index in [-0.39, 0.29) is 0 Å². The van der Waals surface area contributed by atoms with Crippen molar-refractivity contribution in [1.29, 1.82) is 0 Å². The summed E-state index contributed by atoms with van der Waals surface area (Å²) in [6, 6.07) is 31.4. The Balaban J connectivity index is 1.86. The summed E-state index contributed by atoms with van der Waals surface area (Å²) in [5.41, 5.74) is 5.33. The van der Waals surface area contributed by atoms with Crippen LogP contribution in [0.5, 0.6) is 0 Å². The molecule has 5 aromatic rings. The van der Waals surface area contributed by atoms with E-state index in [9.17, 15) is 0 Å². The molecule has 0 bridgehead atoms. The van der Waals surface area contributed by atoms with Crippen LogP contribution >= 0.6 is 0 Å². The van der Waals surface area contributed by atoms with E-state index in [0.717, 1.165) is 33.5 Å². The van der Waals surface area contributed by atoms with Gasteiger partial charge in [-0.3, -0.25) is 0 Å². The van der Waals surface area contributed by atoms with Crippen LogP contribution in [-0.4, -0.2) is 9.97 Å². The monoisotopic (exact) mass is 346 g/mol. The largest absolute Gasteiger partial charge is 0.228 e. The average Bonchev–Trinajstić information content (AvgIpc) is 2.72. The normalized spacial score (nSPS) is 11.1. The van der Waals surface area contributed by atoms with Crippen molar-refractivity contribution in [3.05, 3.63) is 96.6 Å². The van der Waals surface area contributed by atoms with Crippen molar-refractivity contribution in [2.24, 2.45) is 0 Å². The van der Waals surface area contributed by atoms with Gasteiger partial charge in [0.1, 0.15) is 0 Å². The number of fused-ring (bicyclic) bond motifs is 2. The molecule has 5 rings (SSSR count). The van der Waals surface area contributed by atoms with Crippen molar-refractivity contribution in [2.45, 2.75) is 6.92 Å². The Kier molecular flexibility index (Phi) is 3.68. The van der Waals surface area contributed by atoms with E-state index in [4.69, 9.17) is 9.97 Å².